The molecule has 7 nitrogen and oxygen atoms in total. The molecule has 1 N–H and O–H groups in total. The van der Waals surface area contributed by atoms with Gasteiger partial charge in [-0.1, -0.05) is 6.42 Å². The molecule has 0 saturated carbocycles. The lowest BCUT2D eigenvalue weighted by molar-refractivity contribution is 0.0948. The molecule has 1 aromatic carbocycles. The zero-order chi connectivity index (χ0) is 17.9. The average molecular weight is 363 g/mol. The first-order valence-corrected chi connectivity index (χ1v) is 9.70. The molecule has 1 amide bonds. The van der Waals surface area contributed by atoms with E-state index >= 15 is 0 Å². The Morgan fingerprint density at radius 3 is 2.48 bits per heavy atom. The van der Waals surface area contributed by atoms with Crippen molar-refractivity contribution in [2.75, 3.05) is 13.1 Å². The van der Waals surface area contributed by atoms with Gasteiger partial charge in [-0.15, -0.1) is 0 Å². The van der Waals surface area contributed by atoms with E-state index in [2.05, 4.69) is 10.3 Å². The number of amides is 1. The number of nitrogens with one attached hydrogen (secondary N) is 1. The average Bonchev–Trinajstić information content (AvgIpc) is 3.05. The SMILES string of the molecule is Cc1ncoc1CNC(=O)c1ccc(S(=O)(=O)N2CCCCC2)cc1. The molecule has 0 unspecified atom stereocenters. The van der Waals surface area contributed by atoms with Gasteiger partial charge >= 0.3 is 0 Å². The number of sulfonamides is 1. The third-order valence-electron chi connectivity index (χ3n) is 4.32. The van der Waals surface area contributed by atoms with E-state index in [0.29, 0.717) is 24.4 Å². The van der Waals surface area contributed by atoms with E-state index in [1.807, 2.05) is 0 Å². The fraction of sp³-hybridized carbons (Fsp3) is 0.412. The number of aromatic nitrogens is 1. The molecule has 3 rings (SSSR count). The van der Waals surface area contributed by atoms with Gasteiger partial charge in [-0.25, -0.2) is 13.4 Å². The summed E-state index contributed by atoms with van der Waals surface area (Å²) in [6, 6.07) is 6.02. The molecule has 0 bridgehead atoms. The van der Waals surface area contributed by atoms with E-state index < -0.39 is 10.0 Å². The Kier molecular flexibility index (Phi) is 5.19. The minimum atomic E-state index is -3.48. The molecule has 1 aromatic heterocycles. The van der Waals surface area contributed by atoms with E-state index in [9.17, 15) is 13.2 Å². The molecule has 1 fully saturated rings. The number of piperidine rings is 1. The second-order valence-electron chi connectivity index (χ2n) is 6.03. The molecule has 0 radical (unpaired) electrons. The van der Waals surface area contributed by atoms with Gasteiger partial charge in [0, 0.05) is 18.7 Å². The van der Waals surface area contributed by atoms with Crippen LogP contribution in [0.1, 0.15) is 41.1 Å². The first kappa shape index (κ1) is 17.6. The summed E-state index contributed by atoms with van der Waals surface area (Å²) in [4.78, 5) is 16.4. The molecular formula is C17H21N3O4S. The van der Waals surface area contributed by atoms with E-state index in [0.717, 1.165) is 25.0 Å². The van der Waals surface area contributed by atoms with Crippen LogP contribution in [0.5, 0.6) is 0 Å². The van der Waals surface area contributed by atoms with Crippen LogP contribution in [0.3, 0.4) is 0 Å². The summed E-state index contributed by atoms with van der Waals surface area (Å²) in [5, 5.41) is 2.73. The Labute approximate surface area is 147 Å². The van der Waals surface area contributed by atoms with Crippen molar-refractivity contribution in [3.63, 3.8) is 0 Å². The maximum atomic E-state index is 12.6. The van der Waals surface area contributed by atoms with Crippen molar-refractivity contribution in [3.8, 4) is 0 Å². The monoisotopic (exact) mass is 363 g/mol. The molecule has 2 heterocycles. The standard InChI is InChI=1S/C17H21N3O4S/c1-13-16(24-12-19-13)11-18-17(21)14-5-7-15(8-6-14)25(22,23)20-9-3-2-4-10-20/h5-8,12H,2-4,9-11H2,1H3,(H,18,21). The van der Waals surface area contributed by atoms with Crippen molar-refractivity contribution >= 4 is 15.9 Å². The molecule has 1 aliphatic rings. The lowest BCUT2D eigenvalue weighted by Crippen LogP contribution is -2.35. The number of carbonyl (C=O) groups is 1. The minimum absolute atomic E-state index is 0.219. The Morgan fingerprint density at radius 2 is 1.88 bits per heavy atom. The Hall–Kier alpha value is -2.19. The van der Waals surface area contributed by atoms with E-state index in [4.69, 9.17) is 4.42 Å². The number of hydrogen-bond donors (Lipinski definition) is 1. The van der Waals surface area contributed by atoms with Crippen LogP contribution in [0.15, 0.2) is 40.0 Å². The molecule has 1 saturated heterocycles. The molecule has 2 aromatic rings. The highest BCUT2D eigenvalue weighted by Gasteiger charge is 2.25. The van der Waals surface area contributed by atoms with Crippen molar-refractivity contribution < 1.29 is 17.6 Å². The van der Waals surface area contributed by atoms with Gasteiger partial charge in [0.25, 0.3) is 5.91 Å². The summed E-state index contributed by atoms with van der Waals surface area (Å²) in [5.74, 6) is 0.301. The van der Waals surface area contributed by atoms with Gasteiger partial charge in [0.15, 0.2) is 6.39 Å². The molecular weight excluding hydrogens is 342 g/mol. The first-order chi connectivity index (χ1) is 12.0. The minimum Gasteiger partial charge on any atom is -0.446 e. The lowest BCUT2D eigenvalue weighted by atomic mass is 10.2. The van der Waals surface area contributed by atoms with Crippen molar-refractivity contribution in [2.24, 2.45) is 0 Å². The van der Waals surface area contributed by atoms with Crippen molar-refractivity contribution in [1.29, 1.82) is 0 Å². The van der Waals surface area contributed by atoms with Crippen molar-refractivity contribution in [2.45, 2.75) is 37.6 Å². The number of hydrogen-bond acceptors (Lipinski definition) is 5. The number of carbonyl (C=O) groups excluding carboxylic acids is 1. The Morgan fingerprint density at radius 1 is 1.20 bits per heavy atom. The van der Waals surface area contributed by atoms with Crippen LogP contribution in [0.2, 0.25) is 0 Å². The highest BCUT2D eigenvalue weighted by atomic mass is 32.2. The Balaban J connectivity index is 1.67. The highest BCUT2D eigenvalue weighted by Crippen LogP contribution is 2.20. The Bertz CT molecular complexity index is 837. The summed E-state index contributed by atoms with van der Waals surface area (Å²) in [5.41, 5.74) is 1.12. The maximum absolute atomic E-state index is 12.6. The molecule has 0 aliphatic carbocycles. The van der Waals surface area contributed by atoms with E-state index in [1.165, 1.54) is 35.0 Å². The van der Waals surface area contributed by atoms with Crippen molar-refractivity contribution in [1.82, 2.24) is 14.6 Å². The molecule has 134 valence electrons. The molecule has 0 atom stereocenters. The zero-order valence-corrected chi connectivity index (χ0v) is 14.9. The first-order valence-electron chi connectivity index (χ1n) is 8.26. The van der Waals surface area contributed by atoms with E-state index in [1.54, 1.807) is 6.92 Å². The normalized spacial score (nSPS) is 15.9. The lowest BCUT2D eigenvalue weighted by Gasteiger charge is -2.25. The van der Waals surface area contributed by atoms with Crippen LogP contribution >= 0.6 is 0 Å². The van der Waals surface area contributed by atoms with Gasteiger partial charge in [-0.2, -0.15) is 4.31 Å². The zero-order valence-electron chi connectivity index (χ0n) is 14.1. The number of rotatable bonds is 5. The van der Waals surface area contributed by atoms with Crippen LogP contribution in [0, 0.1) is 6.92 Å². The number of aryl methyl sites for hydroxylation is 1. The van der Waals surface area contributed by atoms with Crippen LogP contribution in [-0.2, 0) is 16.6 Å². The highest BCUT2D eigenvalue weighted by molar-refractivity contribution is 7.89. The number of nitrogens with zero attached hydrogens (tertiary/aromatic N) is 2. The predicted molar refractivity (Wildman–Crippen MR) is 91.5 cm³/mol. The molecule has 0 spiro atoms. The fourth-order valence-electron chi connectivity index (χ4n) is 2.79. The van der Waals surface area contributed by atoms with Gasteiger partial charge in [0.1, 0.15) is 5.76 Å². The van der Waals surface area contributed by atoms with Crippen LogP contribution in [-0.4, -0.2) is 36.7 Å². The molecule has 1 aliphatic heterocycles. The van der Waals surface area contributed by atoms with Gasteiger partial charge in [0.05, 0.1) is 17.1 Å². The van der Waals surface area contributed by atoms with Gasteiger partial charge in [-0.05, 0) is 44.0 Å². The summed E-state index contributed by atoms with van der Waals surface area (Å²) < 4.78 is 31.9. The van der Waals surface area contributed by atoms with Gasteiger partial charge in [-0.3, -0.25) is 4.79 Å². The second-order valence-corrected chi connectivity index (χ2v) is 7.97. The quantitative estimate of drug-likeness (QED) is 0.878. The number of oxazole rings is 1. The summed E-state index contributed by atoms with van der Waals surface area (Å²) in [6.07, 6.45) is 4.18. The maximum Gasteiger partial charge on any atom is 0.251 e. The van der Waals surface area contributed by atoms with Gasteiger partial charge in [0.2, 0.25) is 10.0 Å². The summed E-state index contributed by atoms with van der Waals surface area (Å²) in [6.45, 7) is 3.14. The van der Waals surface area contributed by atoms with Crippen LogP contribution in [0.4, 0.5) is 0 Å². The number of benzene rings is 1. The summed E-state index contributed by atoms with van der Waals surface area (Å²) in [7, 11) is -3.48. The summed E-state index contributed by atoms with van der Waals surface area (Å²) >= 11 is 0. The fourth-order valence-corrected chi connectivity index (χ4v) is 4.31. The van der Waals surface area contributed by atoms with E-state index in [-0.39, 0.29) is 17.3 Å². The molecule has 25 heavy (non-hydrogen) atoms. The van der Waals surface area contributed by atoms with Crippen molar-refractivity contribution in [3.05, 3.63) is 47.7 Å². The topological polar surface area (TPSA) is 92.5 Å². The molecule has 8 heteroatoms. The second kappa shape index (κ2) is 7.37. The third-order valence-corrected chi connectivity index (χ3v) is 6.24. The smallest absolute Gasteiger partial charge is 0.251 e. The third kappa shape index (κ3) is 3.91. The van der Waals surface area contributed by atoms with Crippen LogP contribution in [0.25, 0.3) is 0 Å². The van der Waals surface area contributed by atoms with Crippen LogP contribution < -0.4 is 5.32 Å². The van der Waals surface area contributed by atoms with Gasteiger partial charge < -0.3 is 9.73 Å². The largest absolute Gasteiger partial charge is 0.446 e. The predicted octanol–water partition coefficient (Wildman–Crippen LogP) is 2.09.